The molecule has 0 fully saturated rings. The Balaban J connectivity index is 2.33. The quantitative estimate of drug-likeness (QED) is 0.552. The van der Waals surface area contributed by atoms with Crippen LogP contribution in [-0.4, -0.2) is 5.12 Å². The Hall–Kier alpha value is -1.28. The molecular formula is C13H14OS. The number of hydrogen-bond donors (Lipinski definition) is 0. The molecule has 0 atom stereocenters. The van der Waals surface area contributed by atoms with Gasteiger partial charge >= 0.3 is 0 Å². The topological polar surface area (TPSA) is 17.1 Å². The zero-order valence-corrected chi connectivity index (χ0v) is 9.37. The zero-order valence-electron chi connectivity index (χ0n) is 8.56. The summed E-state index contributed by atoms with van der Waals surface area (Å²) in [5.74, 6) is 0. The van der Waals surface area contributed by atoms with Gasteiger partial charge in [0.1, 0.15) is 0 Å². The van der Waals surface area contributed by atoms with Crippen LogP contribution < -0.4 is 0 Å². The van der Waals surface area contributed by atoms with E-state index in [1.807, 2.05) is 48.6 Å². The van der Waals surface area contributed by atoms with E-state index in [4.69, 9.17) is 0 Å². The van der Waals surface area contributed by atoms with Crippen LogP contribution in [0.2, 0.25) is 0 Å². The SMILES string of the molecule is C=CC/C=C/CC(=O)Sc1ccccc1. The molecule has 1 rings (SSSR count). The van der Waals surface area contributed by atoms with Gasteiger partial charge in [-0.1, -0.05) is 48.2 Å². The highest BCUT2D eigenvalue weighted by Crippen LogP contribution is 2.19. The molecule has 0 N–H and O–H groups in total. The highest BCUT2D eigenvalue weighted by molar-refractivity contribution is 8.13. The number of thioether (sulfide) groups is 1. The van der Waals surface area contributed by atoms with E-state index in [1.165, 1.54) is 11.8 Å². The third-order valence-corrected chi connectivity index (χ3v) is 2.63. The van der Waals surface area contributed by atoms with Crippen LogP contribution >= 0.6 is 11.8 Å². The van der Waals surface area contributed by atoms with Crippen LogP contribution in [0.1, 0.15) is 12.8 Å². The summed E-state index contributed by atoms with van der Waals surface area (Å²) < 4.78 is 0. The molecular weight excluding hydrogens is 204 g/mol. The van der Waals surface area contributed by atoms with Crippen LogP contribution in [0, 0.1) is 0 Å². The minimum atomic E-state index is 0.168. The largest absolute Gasteiger partial charge is 0.286 e. The van der Waals surface area contributed by atoms with E-state index in [2.05, 4.69) is 6.58 Å². The Morgan fingerprint density at radius 3 is 2.67 bits per heavy atom. The van der Waals surface area contributed by atoms with E-state index in [0.29, 0.717) is 6.42 Å². The van der Waals surface area contributed by atoms with Gasteiger partial charge in [0.2, 0.25) is 0 Å². The predicted octanol–water partition coefficient (Wildman–Crippen LogP) is 3.83. The van der Waals surface area contributed by atoms with Crippen molar-refractivity contribution in [3.05, 3.63) is 55.1 Å². The lowest BCUT2D eigenvalue weighted by Crippen LogP contribution is -1.87. The molecule has 0 spiro atoms. The Morgan fingerprint density at radius 2 is 2.00 bits per heavy atom. The second kappa shape index (κ2) is 7.07. The van der Waals surface area contributed by atoms with E-state index in [1.54, 1.807) is 0 Å². The molecule has 0 heterocycles. The summed E-state index contributed by atoms with van der Waals surface area (Å²) in [5, 5.41) is 0.168. The second-order valence-corrected chi connectivity index (χ2v) is 4.12. The molecule has 1 aromatic carbocycles. The van der Waals surface area contributed by atoms with Gasteiger partial charge in [0, 0.05) is 11.3 Å². The number of hydrogen-bond acceptors (Lipinski definition) is 2. The fourth-order valence-electron chi connectivity index (χ4n) is 1.03. The monoisotopic (exact) mass is 218 g/mol. The third-order valence-electron chi connectivity index (χ3n) is 1.73. The Morgan fingerprint density at radius 1 is 1.27 bits per heavy atom. The lowest BCUT2D eigenvalue weighted by molar-refractivity contribution is -0.110. The van der Waals surface area contributed by atoms with Gasteiger partial charge in [-0.15, -0.1) is 6.58 Å². The Labute approximate surface area is 94.9 Å². The maximum Gasteiger partial charge on any atom is 0.197 e. The number of rotatable bonds is 5. The second-order valence-electron chi connectivity index (χ2n) is 2.99. The summed E-state index contributed by atoms with van der Waals surface area (Å²) in [4.78, 5) is 12.5. The smallest absolute Gasteiger partial charge is 0.197 e. The predicted molar refractivity (Wildman–Crippen MR) is 65.9 cm³/mol. The van der Waals surface area contributed by atoms with Gasteiger partial charge in [0.25, 0.3) is 0 Å². The molecule has 0 saturated heterocycles. The molecule has 0 amide bonds. The minimum absolute atomic E-state index is 0.168. The molecule has 0 aliphatic rings. The van der Waals surface area contributed by atoms with Gasteiger partial charge in [-0.25, -0.2) is 0 Å². The van der Waals surface area contributed by atoms with E-state index >= 15 is 0 Å². The van der Waals surface area contributed by atoms with Crippen LogP contribution in [0.4, 0.5) is 0 Å². The molecule has 78 valence electrons. The van der Waals surface area contributed by atoms with E-state index < -0.39 is 0 Å². The van der Waals surface area contributed by atoms with Crippen LogP contribution in [0.3, 0.4) is 0 Å². The molecule has 2 heteroatoms. The average Bonchev–Trinajstić information content (AvgIpc) is 2.26. The van der Waals surface area contributed by atoms with Crippen LogP contribution in [0.25, 0.3) is 0 Å². The van der Waals surface area contributed by atoms with Gasteiger partial charge in [0.05, 0.1) is 0 Å². The van der Waals surface area contributed by atoms with Crippen LogP contribution in [0.5, 0.6) is 0 Å². The standard InChI is InChI=1S/C13H14OS/c1-2-3-4-8-11-13(14)15-12-9-6-5-7-10-12/h2,4-10H,1,3,11H2/b8-4+. The van der Waals surface area contributed by atoms with Gasteiger partial charge in [0.15, 0.2) is 5.12 Å². The number of carbonyl (C=O) groups excluding carboxylic acids is 1. The number of carbonyl (C=O) groups is 1. The van der Waals surface area contributed by atoms with Gasteiger partial charge in [-0.05, 0) is 18.6 Å². The lowest BCUT2D eigenvalue weighted by atomic mass is 10.3. The third kappa shape index (κ3) is 5.23. The fourth-order valence-corrected chi connectivity index (χ4v) is 1.77. The summed E-state index contributed by atoms with van der Waals surface area (Å²) in [6.45, 7) is 3.60. The maximum atomic E-state index is 11.5. The number of allylic oxidation sites excluding steroid dienone is 3. The van der Waals surface area contributed by atoms with Crippen molar-refractivity contribution in [1.82, 2.24) is 0 Å². The molecule has 0 radical (unpaired) electrons. The van der Waals surface area contributed by atoms with Gasteiger partial charge in [-0.2, -0.15) is 0 Å². The molecule has 0 bridgehead atoms. The Bertz CT molecular complexity index is 341. The molecule has 1 nitrogen and oxygen atoms in total. The van der Waals surface area contributed by atoms with Crippen LogP contribution in [0.15, 0.2) is 60.0 Å². The van der Waals surface area contributed by atoms with Crippen molar-refractivity contribution in [2.24, 2.45) is 0 Å². The van der Waals surface area contributed by atoms with Crippen molar-refractivity contribution in [2.45, 2.75) is 17.7 Å². The Kier molecular flexibility index (Phi) is 5.56. The fraction of sp³-hybridized carbons (Fsp3) is 0.154. The van der Waals surface area contributed by atoms with Gasteiger partial charge < -0.3 is 0 Å². The summed E-state index contributed by atoms with van der Waals surface area (Å²) >= 11 is 1.29. The molecule has 0 saturated carbocycles. The van der Waals surface area contributed by atoms with E-state index in [0.717, 1.165) is 11.3 Å². The average molecular weight is 218 g/mol. The highest BCUT2D eigenvalue weighted by atomic mass is 32.2. The summed E-state index contributed by atoms with van der Waals surface area (Å²) in [6.07, 6.45) is 6.96. The lowest BCUT2D eigenvalue weighted by Gasteiger charge is -1.96. The molecule has 0 aromatic heterocycles. The van der Waals surface area contributed by atoms with E-state index in [9.17, 15) is 4.79 Å². The van der Waals surface area contributed by atoms with Crippen molar-refractivity contribution < 1.29 is 4.79 Å². The number of benzene rings is 1. The highest BCUT2D eigenvalue weighted by Gasteiger charge is 2.00. The normalized spacial score (nSPS) is 10.4. The maximum absolute atomic E-state index is 11.5. The van der Waals surface area contributed by atoms with Crippen molar-refractivity contribution in [2.75, 3.05) is 0 Å². The van der Waals surface area contributed by atoms with Crippen LogP contribution in [-0.2, 0) is 4.79 Å². The first-order valence-corrected chi connectivity index (χ1v) is 5.66. The van der Waals surface area contributed by atoms with Crippen molar-refractivity contribution in [1.29, 1.82) is 0 Å². The van der Waals surface area contributed by atoms with E-state index in [-0.39, 0.29) is 5.12 Å². The van der Waals surface area contributed by atoms with Crippen molar-refractivity contribution >= 4 is 16.9 Å². The summed E-state index contributed by atoms with van der Waals surface area (Å²) in [5.41, 5.74) is 0. The zero-order chi connectivity index (χ0) is 10.9. The first kappa shape index (κ1) is 11.8. The van der Waals surface area contributed by atoms with Gasteiger partial charge in [-0.3, -0.25) is 4.79 Å². The van der Waals surface area contributed by atoms with Crippen molar-refractivity contribution in [3.8, 4) is 0 Å². The summed E-state index contributed by atoms with van der Waals surface area (Å²) in [7, 11) is 0. The first-order chi connectivity index (χ1) is 7.33. The molecule has 1 aromatic rings. The minimum Gasteiger partial charge on any atom is -0.286 e. The van der Waals surface area contributed by atoms with Crippen molar-refractivity contribution in [3.63, 3.8) is 0 Å². The molecule has 0 aliphatic heterocycles. The summed E-state index contributed by atoms with van der Waals surface area (Å²) in [6, 6.07) is 9.69. The molecule has 15 heavy (non-hydrogen) atoms. The molecule has 0 unspecified atom stereocenters. The molecule has 0 aliphatic carbocycles. The first-order valence-electron chi connectivity index (χ1n) is 4.84.